The second-order valence-electron chi connectivity index (χ2n) is 4.62. The summed E-state index contributed by atoms with van der Waals surface area (Å²) in [5, 5.41) is 3.54. The Labute approximate surface area is 119 Å². The third-order valence-electron chi connectivity index (χ3n) is 3.45. The van der Waals surface area contributed by atoms with Gasteiger partial charge in [0.1, 0.15) is 4.90 Å². The van der Waals surface area contributed by atoms with E-state index in [0.717, 1.165) is 25.9 Å². The minimum atomic E-state index is -3.51. The Hall–Kier alpha value is -0.620. The monoisotopic (exact) mass is 302 g/mol. The van der Waals surface area contributed by atoms with Crippen molar-refractivity contribution in [2.75, 3.05) is 19.6 Å². The summed E-state index contributed by atoms with van der Waals surface area (Å²) in [5.74, 6) is 0. The number of sulfonamides is 1. The quantitative estimate of drug-likeness (QED) is 0.926. The summed E-state index contributed by atoms with van der Waals surface area (Å²) in [7, 11) is -3.51. The molecule has 0 bridgehead atoms. The molecular weight excluding hydrogens is 284 g/mol. The molecule has 106 valence electrons. The molecule has 0 aromatic heterocycles. The fourth-order valence-electron chi connectivity index (χ4n) is 2.50. The van der Waals surface area contributed by atoms with Crippen LogP contribution in [-0.2, 0) is 10.0 Å². The zero-order chi connectivity index (χ0) is 13.9. The van der Waals surface area contributed by atoms with Crippen LogP contribution in [0.15, 0.2) is 29.2 Å². The molecule has 4 nitrogen and oxygen atoms in total. The van der Waals surface area contributed by atoms with Crippen molar-refractivity contribution in [3.63, 3.8) is 0 Å². The summed E-state index contributed by atoms with van der Waals surface area (Å²) in [4.78, 5) is 0.206. The molecular formula is C13H19ClN2O2S. The molecule has 2 rings (SSSR count). The lowest BCUT2D eigenvalue weighted by atomic mass is 10.1. The lowest BCUT2D eigenvalue weighted by Gasteiger charge is -2.33. The van der Waals surface area contributed by atoms with Gasteiger partial charge in [0.2, 0.25) is 10.0 Å². The van der Waals surface area contributed by atoms with E-state index >= 15 is 0 Å². The van der Waals surface area contributed by atoms with Crippen LogP contribution in [0.5, 0.6) is 0 Å². The van der Waals surface area contributed by atoms with E-state index in [4.69, 9.17) is 11.6 Å². The Kier molecular flexibility index (Phi) is 4.84. The van der Waals surface area contributed by atoms with Gasteiger partial charge in [-0.15, -0.1) is 0 Å². The van der Waals surface area contributed by atoms with Crippen molar-refractivity contribution in [1.82, 2.24) is 9.62 Å². The van der Waals surface area contributed by atoms with Gasteiger partial charge in [0.05, 0.1) is 5.02 Å². The number of nitrogens with zero attached hydrogens (tertiary/aromatic N) is 1. The van der Waals surface area contributed by atoms with Crippen molar-refractivity contribution in [3.8, 4) is 0 Å². The molecule has 19 heavy (non-hydrogen) atoms. The standard InChI is InChI=1S/C13H19ClN2O2S/c1-2-16(11-7-9-15-10-8-11)19(17,18)13-6-4-3-5-12(13)14/h3-6,11,15H,2,7-10H2,1H3. The highest BCUT2D eigenvalue weighted by atomic mass is 35.5. The van der Waals surface area contributed by atoms with E-state index in [1.54, 1.807) is 28.6 Å². The largest absolute Gasteiger partial charge is 0.317 e. The summed E-state index contributed by atoms with van der Waals surface area (Å²) in [6.07, 6.45) is 1.69. The average molecular weight is 303 g/mol. The zero-order valence-electron chi connectivity index (χ0n) is 11.0. The first-order valence-corrected chi connectivity index (χ1v) is 8.36. The summed E-state index contributed by atoms with van der Waals surface area (Å²) in [6, 6.07) is 6.69. The number of hydrogen-bond acceptors (Lipinski definition) is 3. The highest BCUT2D eigenvalue weighted by Crippen LogP contribution is 2.27. The number of rotatable bonds is 4. The number of piperidine rings is 1. The third kappa shape index (κ3) is 3.11. The summed E-state index contributed by atoms with van der Waals surface area (Å²) >= 11 is 6.03. The van der Waals surface area contributed by atoms with Crippen LogP contribution < -0.4 is 5.32 Å². The van der Waals surface area contributed by atoms with Gasteiger partial charge in [-0.25, -0.2) is 8.42 Å². The summed E-state index contributed by atoms with van der Waals surface area (Å²) in [6.45, 7) is 4.06. The summed E-state index contributed by atoms with van der Waals surface area (Å²) < 4.78 is 27.0. The fourth-order valence-corrected chi connectivity index (χ4v) is 4.69. The molecule has 0 aliphatic carbocycles. The van der Waals surface area contributed by atoms with Crippen molar-refractivity contribution in [2.45, 2.75) is 30.7 Å². The first-order valence-electron chi connectivity index (χ1n) is 6.54. The van der Waals surface area contributed by atoms with Crippen LogP contribution >= 0.6 is 11.6 Å². The van der Waals surface area contributed by atoms with Crippen LogP contribution in [0.4, 0.5) is 0 Å². The van der Waals surface area contributed by atoms with Gasteiger partial charge in [0.15, 0.2) is 0 Å². The Bertz CT molecular complexity index is 527. The Morgan fingerprint density at radius 3 is 2.53 bits per heavy atom. The Morgan fingerprint density at radius 2 is 1.95 bits per heavy atom. The van der Waals surface area contributed by atoms with Gasteiger partial charge >= 0.3 is 0 Å². The van der Waals surface area contributed by atoms with E-state index < -0.39 is 10.0 Å². The molecule has 1 saturated heterocycles. The van der Waals surface area contributed by atoms with Gasteiger partial charge in [0, 0.05) is 12.6 Å². The van der Waals surface area contributed by atoms with Crippen LogP contribution in [0.3, 0.4) is 0 Å². The molecule has 0 radical (unpaired) electrons. The first kappa shape index (κ1) is 14.8. The van der Waals surface area contributed by atoms with E-state index in [0.29, 0.717) is 6.54 Å². The number of halogens is 1. The SMILES string of the molecule is CCN(C1CCNCC1)S(=O)(=O)c1ccccc1Cl. The van der Waals surface area contributed by atoms with Crippen LogP contribution in [0.25, 0.3) is 0 Å². The molecule has 1 fully saturated rings. The zero-order valence-corrected chi connectivity index (χ0v) is 12.5. The minimum absolute atomic E-state index is 0.0625. The van der Waals surface area contributed by atoms with Gasteiger partial charge in [-0.2, -0.15) is 4.31 Å². The van der Waals surface area contributed by atoms with Crippen molar-refractivity contribution in [2.24, 2.45) is 0 Å². The predicted molar refractivity (Wildman–Crippen MR) is 76.9 cm³/mol. The van der Waals surface area contributed by atoms with Crippen molar-refractivity contribution < 1.29 is 8.42 Å². The van der Waals surface area contributed by atoms with Crippen LogP contribution in [0, 0.1) is 0 Å². The van der Waals surface area contributed by atoms with Gasteiger partial charge in [-0.05, 0) is 38.1 Å². The molecule has 1 heterocycles. The van der Waals surface area contributed by atoms with E-state index in [-0.39, 0.29) is 16.0 Å². The maximum atomic E-state index is 12.7. The van der Waals surface area contributed by atoms with Crippen LogP contribution in [0.1, 0.15) is 19.8 Å². The Morgan fingerprint density at radius 1 is 1.32 bits per heavy atom. The fraction of sp³-hybridized carbons (Fsp3) is 0.538. The van der Waals surface area contributed by atoms with Gasteiger partial charge in [-0.3, -0.25) is 0 Å². The van der Waals surface area contributed by atoms with Crippen molar-refractivity contribution in [3.05, 3.63) is 29.3 Å². The number of benzene rings is 1. The predicted octanol–water partition coefficient (Wildman–Crippen LogP) is 2.10. The second-order valence-corrected chi connectivity index (χ2v) is 6.89. The van der Waals surface area contributed by atoms with Gasteiger partial charge in [0.25, 0.3) is 0 Å². The number of hydrogen-bond donors (Lipinski definition) is 1. The second kappa shape index (κ2) is 6.22. The molecule has 1 aliphatic rings. The molecule has 0 spiro atoms. The molecule has 6 heteroatoms. The Balaban J connectivity index is 2.33. The highest BCUT2D eigenvalue weighted by molar-refractivity contribution is 7.89. The van der Waals surface area contributed by atoms with Gasteiger partial charge < -0.3 is 5.32 Å². The van der Waals surface area contributed by atoms with E-state index in [9.17, 15) is 8.42 Å². The van der Waals surface area contributed by atoms with E-state index in [2.05, 4.69) is 5.32 Å². The summed E-state index contributed by atoms with van der Waals surface area (Å²) in [5.41, 5.74) is 0. The highest BCUT2D eigenvalue weighted by Gasteiger charge is 2.32. The lowest BCUT2D eigenvalue weighted by Crippen LogP contribution is -2.46. The van der Waals surface area contributed by atoms with Crippen molar-refractivity contribution >= 4 is 21.6 Å². The molecule has 1 aliphatic heterocycles. The average Bonchev–Trinajstić information content (AvgIpc) is 2.40. The van der Waals surface area contributed by atoms with Crippen LogP contribution in [-0.4, -0.2) is 38.4 Å². The molecule has 1 aromatic rings. The topological polar surface area (TPSA) is 49.4 Å². The molecule has 0 saturated carbocycles. The first-order chi connectivity index (χ1) is 9.07. The molecule has 0 amide bonds. The number of nitrogens with one attached hydrogen (secondary N) is 1. The van der Waals surface area contributed by atoms with Crippen LogP contribution in [0.2, 0.25) is 5.02 Å². The third-order valence-corrected chi connectivity index (χ3v) is 5.98. The normalized spacial score (nSPS) is 17.8. The molecule has 1 N–H and O–H groups in total. The minimum Gasteiger partial charge on any atom is -0.317 e. The van der Waals surface area contributed by atoms with Gasteiger partial charge in [-0.1, -0.05) is 30.7 Å². The maximum Gasteiger partial charge on any atom is 0.244 e. The van der Waals surface area contributed by atoms with E-state index in [1.807, 2.05) is 6.92 Å². The lowest BCUT2D eigenvalue weighted by molar-refractivity contribution is 0.271. The smallest absolute Gasteiger partial charge is 0.244 e. The molecule has 0 unspecified atom stereocenters. The maximum absolute atomic E-state index is 12.7. The molecule has 1 aromatic carbocycles. The van der Waals surface area contributed by atoms with Crippen molar-refractivity contribution in [1.29, 1.82) is 0 Å². The van der Waals surface area contributed by atoms with E-state index in [1.165, 1.54) is 0 Å². The molecule has 0 atom stereocenters.